The van der Waals surface area contributed by atoms with Gasteiger partial charge in [0.1, 0.15) is 5.82 Å². The van der Waals surface area contributed by atoms with E-state index in [1.54, 1.807) is 18.2 Å². The summed E-state index contributed by atoms with van der Waals surface area (Å²) in [5.41, 5.74) is 2.24. The van der Waals surface area contributed by atoms with Gasteiger partial charge in [-0.15, -0.1) is 0 Å². The van der Waals surface area contributed by atoms with Gasteiger partial charge in [-0.05, 0) is 42.8 Å². The van der Waals surface area contributed by atoms with E-state index in [9.17, 15) is 14.0 Å². The number of benzene rings is 2. The standard InChI is InChI=1S/C17H13FN2O2/c1-10-3-2-4-12(7-10)20-17(22)16(21)14-9-19-15-8-11(18)5-6-13(14)15/h2-9,19H,1H3,(H,20,22). The summed E-state index contributed by atoms with van der Waals surface area (Å²) < 4.78 is 13.1. The van der Waals surface area contributed by atoms with Gasteiger partial charge >= 0.3 is 0 Å². The number of aryl methyl sites for hydroxylation is 1. The van der Waals surface area contributed by atoms with Crippen LogP contribution in [0.1, 0.15) is 15.9 Å². The molecule has 2 aromatic carbocycles. The van der Waals surface area contributed by atoms with Crippen molar-refractivity contribution in [3.63, 3.8) is 0 Å². The van der Waals surface area contributed by atoms with Gasteiger partial charge in [0.25, 0.3) is 11.7 Å². The molecule has 2 N–H and O–H groups in total. The highest BCUT2D eigenvalue weighted by atomic mass is 19.1. The van der Waals surface area contributed by atoms with Crippen LogP contribution in [0.25, 0.3) is 10.9 Å². The molecule has 3 aromatic rings. The number of aromatic nitrogens is 1. The number of H-pyrrole nitrogens is 1. The number of hydrogen-bond donors (Lipinski definition) is 2. The lowest BCUT2D eigenvalue weighted by atomic mass is 10.1. The number of anilines is 1. The number of amides is 1. The average molecular weight is 296 g/mol. The van der Waals surface area contributed by atoms with Crippen molar-refractivity contribution >= 4 is 28.3 Å². The van der Waals surface area contributed by atoms with E-state index in [0.717, 1.165) is 5.56 Å². The first-order chi connectivity index (χ1) is 10.5. The second-order valence-corrected chi connectivity index (χ2v) is 5.04. The van der Waals surface area contributed by atoms with Crippen LogP contribution in [0.3, 0.4) is 0 Å². The Morgan fingerprint density at radius 2 is 1.95 bits per heavy atom. The molecule has 0 aliphatic rings. The van der Waals surface area contributed by atoms with E-state index in [0.29, 0.717) is 16.6 Å². The number of halogens is 1. The molecule has 1 amide bonds. The van der Waals surface area contributed by atoms with Crippen LogP contribution >= 0.6 is 0 Å². The molecule has 1 heterocycles. The van der Waals surface area contributed by atoms with Crippen LogP contribution in [-0.2, 0) is 4.79 Å². The van der Waals surface area contributed by atoms with Crippen LogP contribution in [0.4, 0.5) is 10.1 Å². The van der Waals surface area contributed by atoms with Gasteiger partial charge < -0.3 is 10.3 Å². The largest absolute Gasteiger partial charge is 0.360 e. The summed E-state index contributed by atoms with van der Waals surface area (Å²) in [7, 11) is 0. The molecule has 1 aromatic heterocycles. The molecule has 0 aliphatic carbocycles. The first kappa shape index (κ1) is 14.0. The zero-order valence-electron chi connectivity index (χ0n) is 11.8. The Morgan fingerprint density at radius 3 is 2.73 bits per heavy atom. The first-order valence-corrected chi connectivity index (χ1v) is 6.73. The summed E-state index contributed by atoms with van der Waals surface area (Å²) in [6, 6.07) is 11.2. The fourth-order valence-corrected chi connectivity index (χ4v) is 2.32. The molecule has 0 bridgehead atoms. The number of fused-ring (bicyclic) bond motifs is 1. The molecule has 0 unspecified atom stereocenters. The van der Waals surface area contributed by atoms with E-state index in [1.165, 1.54) is 24.4 Å². The van der Waals surface area contributed by atoms with Gasteiger partial charge in [0.2, 0.25) is 0 Å². The van der Waals surface area contributed by atoms with E-state index in [4.69, 9.17) is 0 Å². The smallest absolute Gasteiger partial charge is 0.296 e. The Bertz CT molecular complexity index is 883. The molecular formula is C17H13FN2O2. The van der Waals surface area contributed by atoms with Crippen LogP contribution in [0, 0.1) is 12.7 Å². The number of nitrogens with one attached hydrogen (secondary N) is 2. The van der Waals surface area contributed by atoms with Crippen molar-refractivity contribution in [2.45, 2.75) is 6.92 Å². The lowest BCUT2D eigenvalue weighted by molar-refractivity contribution is -0.112. The summed E-state index contributed by atoms with van der Waals surface area (Å²) in [4.78, 5) is 27.1. The zero-order chi connectivity index (χ0) is 15.7. The van der Waals surface area contributed by atoms with Gasteiger partial charge in [-0.1, -0.05) is 12.1 Å². The van der Waals surface area contributed by atoms with Crippen LogP contribution in [0.2, 0.25) is 0 Å². The van der Waals surface area contributed by atoms with Crippen LogP contribution < -0.4 is 5.32 Å². The quantitative estimate of drug-likeness (QED) is 0.574. The van der Waals surface area contributed by atoms with Gasteiger partial charge in [-0.3, -0.25) is 9.59 Å². The topological polar surface area (TPSA) is 62.0 Å². The number of Topliss-reactive ketones (excluding diaryl/α,β-unsaturated/α-hetero) is 1. The predicted molar refractivity (Wildman–Crippen MR) is 82.4 cm³/mol. The monoisotopic (exact) mass is 296 g/mol. The number of rotatable bonds is 3. The normalized spacial score (nSPS) is 10.6. The van der Waals surface area contributed by atoms with Crippen molar-refractivity contribution in [3.05, 3.63) is 65.6 Å². The summed E-state index contributed by atoms with van der Waals surface area (Å²) >= 11 is 0. The lowest BCUT2D eigenvalue weighted by Crippen LogP contribution is -2.22. The summed E-state index contributed by atoms with van der Waals surface area (Å²) in [5, 5.41) is 3.09. The third-order valence-corrected chi connectivity index (χ3v) is 3.37. The molecule has 110 valence electrons. The Hall–Kier alpha value is -2.95. The summed E-state index contributed by atoms with van der Waals surface area (Å²) in [6.45, 7) is 1.89. The minimum atomic E-state index is -0.726. The fraction of sp³-hybridized carbons (Fsp3) is 0.0588. The molecule has 4 nitrogen and oxygen atoms in total. The second kappa shape index (κ2) is 5.44. The van der Waals surface area contributed by atoms with Crippen molar-refractivity contribution in [2.24, 2.45) is 0 Å². The molecular weight excluding hydrogens is 283 g/mol. The maximum atomic E-state index is 13.1. The predicted octanol–water partition coefficient (Wildman–Crippen LogP) is 3.44. The number of aromatic amines is 1. The Kier molecular flexibility index (Phi) is 3.47. The van der Waals surface area contributed by atoms with E-state index in [1.807, 2.05) is 13.0 Å². The summed E-state index contributed by atoms with van der Waals surface area (Å²) in [5.74, 6) is -1.80. The Balaban J connectivity index is 1.87. The van der Waals surface area contributed by atoms with Crippen molar-refractivity contribution < 1.29 is 14.0 Å². The van der Waals surface area contributed by atoms with Crippen molar-refractivity contribution in [1.82, 2.24) is 4.98 Å². The molecule has 0 atom stereocenters. The SMILES string of the molecule is Cc1cccc(NC(=O)C(=O)c2c[nH]c3cc(F)ccc23)c1. The molecule has 5 heteroatoms. The molecule has 0 radical (unpaired) electrons. The van der Waals surface area contributed by atoms with Crippen molar-refractivity contribution in [3.8, 4) is 0 Å². The summed E-state index contributed by atoms with van der Waals surface area (Å²) in [6.07, 6.45) is 1.42. The second-order valence-electron chi connectivity index (χ2n) is 5.04. The van der Waals surface area contributed by atoms with Gasteiger partial charge in [-0.2, -0.15) is 0 Å². The van der Waals surface area contributed by atoms with Gasteiger partial charge in [0, 0.05) is 22.8 Å². The van der Waals surface area contributed by atoms with Gasteiger partial charge in [0.15, 0.2) is 0 Å². The number of hydrogen-bond acceptors (Lipinski definition) is 2. The highest BCUT2D eigenvalue weighted by molar-refractivity contribution is 6.48. The number of carbonyl (C=O) groups is 2. The molecule has 0 saturated carbocycles. The zero-order valence-corrected chi connectivity index (χ0v) is 11.8. The van der Waals surface area contributed by atoms with Crippen LogP contribution in [0.5, 0.6) is 0 Å². The Labute approximate surface area is 126 Å². The molecule has 0 saturated heterocycles. The fourth-order valence-electron chi connectivity index (χ4n) is 2.32. The van der Waals surface area contributed by atoms with Crippen LogP contribution in [0.15, 0.2) is 48.7 Å². The molecule has 0 fully saturated rings. The molecule has 3 rings (SSSR count). The highest BCUT2D eigenvalue weighted by Gasteiger charge is 2.20. The van der Waals surface area contributed by atoms with Gasteiger partial charge in [0.05, 0.1) is 5.56 Å². The maximum absolute atomic E-state index is 13.1. The minimum absolute atomic E-state index is 0.222. The van der Waals surface area contributed by atoms with Crippen LogP contribution in [-0.4, -0.2) is 16.7 Å². The van der Waals surface area contributed by atoms with Gasteiger partial charge in [-0.25, -0.2) is 4.39 Å². The first-order valence-electron chi connectivity index (χ1n) is 6.73. The number of carbonyl (C=O) groups excluding carboxylic acids is 2. The third kappa shape index (κ3) is 2.61. The molecule has 0 aliphatic heterocycles. The maximum Gasteiger partial charge on any atom is 0.296 e. The Morgan fingerprint density at radius 1 is 1.14 bits per heavy atom. The molecule has 0 spiro atoms. The van der Waals surface area contributed by atoms with E-state index in [2.05, 4.69) is 10.3 Å². The average Bonchev–Trinajstić information content (AvgIpc) is 2.89. The van der Waals surface area contributed by atoms with E-state index >= 15 is 0 Å². The van der Waals surface area contributed by atoms with Crippen molar-refractivity contribution in [2.75, 3.05) is 5.32 Å². The number of ketones is 1. The van der Waals surface area contributed by atoms with E-state index < -0.39 is 17.5 Å². The molecule has 22 heavy (non-hydrogen) atoms. The lowest BCUT2D eigenvalue weighted by Gasteiger charge is -2.04. The third-order valence-electron chi connectivity index (χ3n) is 3.37. The van der Waals surface area contributed by atoms with Crippen molar-refractivity contribution in [1.29, 1.82) is 0 Å². The van der Waals surface area contributed by atoms with E-state index in [-0.39, 0.29) is 5.56 Å². The minimum Gasteiger partial charge on any atom is -0.360 e. The highest BCUT2D eigenvalue weighted by Crippen LogP contribution is 2.20.